The molecule has 0 aliphatic carbocycles. The lowest BCUT2D eigenvalue weighted by atomic mass is 10.1. The summed E-state index contributed by atoms with van der Waals surface area (Å²) in [5.74, 6) is -0.967. The highest BCUT2D eigenvalue weighted by Gasteiger charge is 2.15. The van der Waals surface area contributed by atoms with Gasteiger partial charge in [-0.1, -0.05) is 5.16 Å². The zero-order valence-electron chi connectivity index (χ0n) is 10.3. The fourth-order valence-corrected chi connectivity index (χ4v) is 1.45. The number of rotatable bonds is 6. The number of aliphatic carboxylic acids is 1. The molecule has 0 aliphatic rings. The number of carboxylic acid groups (broad SMARTS) is 1. The number of aryl methyl sites for hydroxylation is 2. The van der Waals surface area contributed by atoms with Crippen LogP contribution >= 0.6 is 0 Å². The molecular formula is C11H16N2O5. The second kappa shape index (κ2) is 6.15. The summed E-state index contributed by atoms with van der Waals surface area (Å²) < 4.78 is 4.92. The lowest BCUT2D eigenvalue weighted by Crippen LogP contribution is -2.31. The van der Waals surface area contributed by atoms with Crippen LogP contribution in [0.25, 0.3) is 0 Å². The summed E-state index contributed by atoms with van der Waals surface area (Å²) in [4.78, 5) is 21.9. The van der Waals surface area contributed by atoms with Crippen molar-refractivity contribution in [3.8, 4) is 0 Å². The standard InChI is InChI=1S/C11H16N2O5/c1-6-8(7(2)18-13-6)5-10(15)12-4-3-9(14)11(16)17/h9,14H,3-5H2,1-2H3,(H,12,15)(H,16,17). The highest BCUT2D eigenvalue weighted by atomic mass is 16.5. The van der Waals surface area contributed by atoms with Gasteiger partial charge < -0.3 is 20.1 Å². The van der Waals surface area contributed by atoms with Crippen LogP contribution in [-0.4, -0.2) is 39.9 Å². The first-order valence-corrected chi connectivity index (χ1v) is 5.51. The topological polar surface area (TPSA) is 113 Å². The Morgan fingerprint density at radius 3 is 2.61 bits per heavy atom. The first kappa shape index (κ1) is 14.2. The van der Waals surface area contributed by atoms with Gasteiger partial charge in [0.1, 0.15) is 5.76 Å². The summed E-state index contributed by atoms with van der Waals surface area (Å²) in [6.07, 6.45) is -1.35. The second-order valence-electron chi connectivity index (χ2n) is 3.97. The molecule has 1 aromatic rings. The maximum Gasteiger partial charge on any atom is 0.332 e. The molecule has 1 atom stereocenters. The van der Waals surface area contributed by atoms with Crippen molar-refractivity contribution in [2.75, 3.05) is 6.54 Å². The smallest absolute Gasteiger partial charge is 0.332 e. The lowest BCUT2D eigenvalue weighted by molar-refractivity contribution is -0.147. The number of hydrogen-bond acceptors (Lipinski definition) is 5. The van der Waals surface area contributed by atoms with Gasteiger partial charge >= 0.3 is 5.97 Å². The molecule has 1 aromatic heterocycles. The summed E-state index contributed by atoms with van der Waals surface area (Å²) in [5, 5.41) is 23.7. The predicted octanol–water partition coefficient (Wildman–Crippen LogP) is -0.214. The first-order chi connectivity index (χ1) is 8.41. The molecule has 1 rings (SSSR count). The molecule has 0 radical (unpaired) electrons. The second-order valence-corrected chi connectivity index (χ2v) is 3.97. The third kappa shape index (κ3) is 3.85. The van der Waals surface area contributed by atoms with Crippen molar-refractivity contribution in [3.63, 3.8) is 0 Å². The molecular weight excluding hydrogens is 240 g/mol. The lowest BCUT2D eigenvalue weighted by Gasteiger charge is -2.07. The van der Waals surface area contributed by atoms with Crippen LogP contribution in [0.2, 0.25) is 0 Å². The minimum absolute atomic E-state index is 0.0251. The summed E-state index contributed by atoms with van der Waals surface area (Å²) >= 11 is 0. The number of carbonyl (C=O) groups is 2. The van der Waals surface area contributed by atoms with E-state index in [0.717, 1.165) is 5.56 Å². The Morgan fingerprint density at radius 1 is 1.44 bits per heavy atom. The maximum atomic E-state index is 11.6. The minimum Gasteiger partial charge on any atom is -0.479 e. The molecule has 1 unspecified atom stereocenters. The SMILES string of the molecule is Cc1noc(C)c1CC(=O)NCCC(O)C(=O)O. The van der Waals surface area contributed by atoms with E-state index in [1.165, 1.54) is 0 Å². The van der Waals surface area contributed by atoms with Crippen LogP contribution in [0.5, 0.6) is 0 Å². The molecule has 3 N–H and O–H groups in total. The Bertz CT molecular complexity index is 421. The van der Waals surface area contributed by atoms with Crippen molar-refractivity contribution in [1.29, 1.82) is 0 Å². The summed E-state index contributed by atoms with van der Waals surface area (Å²) in [6, 6.07) is 0. The van der Waals surface area contributed by atoms with Crippen LogP contribution in [0.3, 0.4) is 0 Å². The van der Waals surface area contributed by atoms with E-state index < -0.39 is 12.1 Å². The monoisotopic (exact) mass is 256 g/mol. The van der Waals surface area contributed by atoms with Gasteiger partial charge in [0.25, 0.3) is 0 Å². The van der Waals surface area contributed by atoms with Crippen molar-refractivity contribution in [2.24, 2.45) is 0 Å². The molecule has 100 valence electrons. The normalized spacial score (nSPS) is 12.2. The third-order valence-electron chi connectivity index (χ3n) is 2.54. The van der Waals surface area contributed by atoms with E-state index >= 15 is 0 Å². The highest BCUT2D eigenvalue weighted by Crippen LogP contribution is 2.12. The van der Waals surface area contributed by atoms with Gasteiger partial charge in [-0.05, 0) is 13.8 Å². The van der Waals surface area contributed by atoms with E-state index in [1.807, 2.05) is 0 Å². The molecule has 1 amide bonds. The van der Waals surface area contributed by atoms with Gasteiger partial charge in [0.2, 0.25) is 5.91 Å². The Kier molecular flexibility index (Phi) is 4.85. The maximum absolute atomic E-state index is 11.6. The number of aliphatic hydroxyl groups is 1. The van der Waals surface area contributed by atoms with Gasteiger partial charge in [0.15, 0.2) is 6.10 Å². The predicted molar refractivity (Wildman–Crippen MR) is 61.0 cm³/mol. The number of nitrogens with one attached hydrogen (secondary N) is 1. The number of aliphatic hydroxyl groups excluding tert-OH is 1. The van der Waals surface area contributed by atoms with E-state index in [-0.39, 0.29) is 25.3 Å². The van der Waals surface area contributed by atoms with Crippen molar-refractivity contribution >= 4 is 11.9 Å². The quantitative estimate of drug-likeness (QED) is 0.649. The number of carboxylic acids is 1. The molecule has 7 heteroatoms. The van der Waals surface area contributed by atoms with Crippen molar-refractivity contribution < 1.29 is 24.3 Å². The van der Waals surface area contributed by atoms with Crippen LogP contribution in [0.4, 0.5) is 0 Å². The van der Waals surface area contributed by atoms with Gasteiger partial charge in [-0.2, -0.15) is 0 Å². The molecule has 0 aromatic carbocycles. The van der Waals surface area contributed by atoms with Gasteiger partial charge in [-0.15, -0.1) is 0 Å². The van der Waals surface area contributed by atoms with Crippen molar-refractivity contribution in [1.82, 2.24) is 10.5 Å². The van der Waals surface area contributed by atoms with E-state index in [9.17, 15) is 9.59 Å². The van der Waals surface area contributed by atoms with Crippen molar-refractivity contribution in [3.05, 3.63) is 17.0 Å². The zero-order valence-corrected chi connectivity index (χ0v) is 10.3. The molecule has 0 spiro atoms. The summed E-state index contributed by atoms with van der Waals surface area (Å²) in [5.41, 5.74) is 1.39. The van der Waals surface area contributed by atoms with E-state index in [1.54, 1.807) is 13.8 Å². The van der Waals surface area contributed by atoms with E-state index in [0.29, 0.717) is 11.5 Å². The van der Waals surface area contributed by atoms with E-state index in [2.05, 4.69) is 10.5 Å². The number of amides is 1. The molecule has 0 fully saturated rings. The summed E-state index contributed by atoms with van der Waals surface area (Å²) in [6.45, 7) is 3.57. The number of hydrogen-bond donors (Lipinski definition) is 3. The van der Waals surface area contributed by atoms with Crippen LogP contribution in [0.1, 0.15) is 23.4 Å². The molecule has 0 bridgehead atoms. The Balaban J connectivity index is 2.37. The number of nitrogens with zero attached hydrogens (tertiary/aromatic N) is 1. The molecule has 0 saturated carbocycles. The van der Waals surface area contributed by atoms with Crippen LogP contribution < -0.4 is 5.32 Å². The Hall–Kier alpha value is -1.89. The Labute approximate surface area is 104 Å². The largest absolute Gasteiger partial charge is 0.479 e. The average molecular weight is 256 g/mol. The number of carbonyl (C=O) groups excluding carboxylic acids is 1. The summed E-state index contributed by atoms with van der Waals surface area (Å²) in [7, 11) is 0. The molecule has 7 nitrogen and oxygen atoms in total. The first-order valence-electron chi connectivity index (χ1n) is 5.51. The highest BCUT2D eigenvalue weighted by molar-refractivity contribution is 5.79. The molecule has 1 heterocycles. The molecule has 18 heavy (non-hydrogen) atoms. The van der Waals surface area contributed by atoms with Gasteiger partial charge in [-0.3, -0.25) is 4.79 Å². The van der Waals surface area contributed by atoms with E-state index in [4.69, 9.17) is 14.7 Å². The average Bonchev–Trinajstić information content (AvgIpc) is 2.60. The van der Waals surface area contributed by atoms with Crippen LogP contribution in [0.15, 0.2) is 4.52 Å². The van der Waals surface area contributed by atoms with Gasteiger partial charge in [-0.25, -0.2) is 4.79 Å². The fourth-order valence-electron chi connectivity index (χ4n) is 1.45. The van der Waals surface area contributed by atoms with Crippen LogP contribution in [-0.2, 0) is 16.0 Å². The zero-order chi connectivity index (χ0) is 13.7. The van der Waals surface area contributed by atoms with Gasteiger partial charge in [0.05, 0.1) is 12.1 Å². The van der Waals surface area contributed by atoms with Crippen molar-refractivity contribution in [2.45, 2.75) is 32.8 Å². The molecule has 0 aliphatic heterocycles. The number of aromatic nitrogens is 1. The molecule has 0 saturated heterocycles. The fraction of sp³-hybridized carbons (Fsp3) is 0.545. The van der Waals surface area contributed by atoms with Gasteiger partial charge in [0, 0.05) is 18.5 Å². The third-order valence-corrected chi connectivity index (χ3v) is 2.54. The van der Waals surface area contributed by atoms with Crippen LogP contribution in [0, 0.1) is 13.8 Å². The Morgan fingerprint density at radius 2 is 2.11 bits per heavy atom. The minimum atomic E-state index is -1.45.